The predicted molar refractivity (Wildman–Crippen MR) is 136 cm³/mol. The van der Waals surface area contributed by atoms with Crippen molar-refractivity contribution in [2.75, 3.05) is 29.5 Å². The van der Waals surface area contributed by atoms with Gasteiger partial charge in [-0.25, -0.2) is 4.98 Å². The molecule has 0 N–H and O–H groups in total. The van der Waals surface area contributed by atoms with Crippen molar-refractivity contribution in [2.24, 2.45) is 0 Å². The molecule has 0 unspecified atom stereocenters. The molecule has 34 heavy (non-hydrogen) atoms. The van der Waals surface area contributed by atoms with E-state index < -0.39 is 0 Å². The molecule has 0 bridgehead atoms. The Hall–Kier alpha value is -2.43. The molecule has 2 aliphatic rings. The Morgan fingerprint density at radius 2 is 2.12 bits per heavy atom. The molecular formula is C24H30N6O2S2. The summed E-state index contributed by atoms with van der Waals surface area (Å²) in [6, 6.07) is 7.93. The first kappa shape index (κ1) is 23.3. The standard InChI is InChI=1S/C24H30N6O2S2/c1-17-7-5-8-20(13-17)30(18(2)31)23-25-19(15-33-23)16-34-24-27-26-22(28-10-3-4-11-28)29(24)14-21-9-6-12-32-21/h5,7-8,13,15,21H,3-4,6,9-12,14,16H2,1-2H3/t21-/m0/s1. The minimum absolute atomic E-state index is 0.0503. The summed E-state index contributed by atoms with van der Waals surface area (Å²) in [6.07, 6.45) is 4.82. The second-order valence-corrected chi connectivity index (χ2v) is 10.6. The van der Waals surface area contributed by atoms with Gasteiger partial charge >= 0.3 is 0 Å². The maximum atomic E-state index is 12.4. The molecule has 2 saturated heterocycles. The molecule has 180 valence electrons. The van der Waals surface area contributed by atoms with Gasteiger partial charge in [0.1, 0.15) is 0 Å². The SMILES string of the molecule is CC(=O)N(c1cccc(C)c1)c1nc(CSc2nnc(N3CCCC3)n2C[C@@H]2CCCO2)cs1. The van der Waals surface area contributed by atoms with Crippen molar-refractivity contribution in [3.63, 3.8) is 0 Å². The maximum absolute atomic E-state index is 12.4. The lowest BCUT2D eigenvalue weighted by Crippen LogP contribution is -2.25. The van der Waals surface area contributed by atoms with Gasteiger partial charge in [-0.15, -0.1) is 21.5 Å². The zero-order valence-corrected chi connectivity index (χ0v) is 21.3. The number of anilines is 3. The Balaban J connectivity index is 1.33. The first-order chi connectivity index (χ1) is 16.6. The second-order valence-electron chi connectivity index (χ2n) is 8.83. The molecule has 1 amide bonds. The fraction of sp³-hybridized carbons (Fsp3) is 0.500. The highest BCUT2D eigenvalue weighted by atomic mass is 32.2. The zero-order valence-electron chi connectivity index (χ0n) is 19.6. The number of hydrogen-bond acceptors (Lipinski definition) is 8. The van der Waals surface area contributed by atoms with Gasteiger partial charge in [0.15, 0.2) is 10.3 Å². The molecule has 0 saturated carbocycles. The number of ether oxygens (including phenoxy) is 1. The third kappa shape index (κ3) is 5.13. The molecule has 0 spiro atoms. The number of aromatic nitrogens is 4. The van der Waals surface area contributed by atoms with Crippen LogP contribution in [0.3, 0.4) is 0 Å². The smallest absolute Gasteiger partial charge is 0.230 e. The molecule has 0 radical (unpaired) electrons. The Bertz CT molecular complexity index is 1130. The molecular weight excluding hydrogens is 468 g/mol. The number of aryl methyl sites for hydroxylation is 1. The van der Waals surface area contributed by atoms with Gasteiger partial charge in [-0.05, 0) is 50.3 Å². The summed E-state index contributed by atoms with van der Waals surface area (Å²) in [5.41, 5.74) is 2.88. The van der Waals surface area contributed by atoms with E-state index in [-0.39, 0.29) is 12.0 Å². The van der Waals surface area contributed by atoms with Gasteiger partial charge in [0, 0.05) is 37.8 Å². The van der Waals surface area contributed by atoms with Gasteiger partial charge in [-0.1, -0.05) is 23.9 Å². The minimum atomic E-state index is -0.0503. The van der Waals surface area contributed by atoms with E-state index in [0.717, 1.165) is 67.1 Å². The summed E-state index contributed by atoms with van der Waals surface area (Å²) >= 11 is 3.13. The number of rotatable bonds is 8. The van der Waals surface area contributed by atoms with Crippen LogP contribution in [-0.4, -0.2) is 51.5 Å². The highest BCUT2D eigenvalue weighted by Gasteiger charge is 2.25. The largest absolute Gasteiger partial charge is 0.376 e. The van der Waals surface area contributed by atoms with Crippen LogP contribution in [0.5, 0.6) is 0 Å². The molecule has 2 fully saturated rings. The van der Waals surface area contributed by atoms with Gasteiger partial charge in [0.25, 0.3) is 0 Å². The van der Waals surface area contributed by atoms with Crippen molar-refractivity contribution in [3.05, 3.63) is 40.9 Å². The van der Waals surface area contributed by atoms with Crippen molar-refractivity contribution < 1.29 is 9.53 Å². The number of thioether (sulfide) groups is 1. The number of thiazole rings is 1. The van der Waals surface area contributed by atoms with E-state index in [2.05, 4.69) is 19.7 Å². The average molecular weight is 499 g/mol. The van der Waals surface area contributed by atoms with Gasteiger partial charge in [0.2, 0.25) is 11.9 Å². The normalized spacial score (nSPS) is 18.1. The first-order valence-electron chi connectivity index (χ1n) is 11.8. The molecule has 3 aromatic rings. The van der Waals surface area contributed by atoms with E-state index in [1.807, 2.05) is 36.6 Å². The number of carbonyl (C=O) groups excluding carboxylic acids is 1. The van der Waals surface area contributed by atoms with Crippen molar-refractivity contribution in [2.45, 2.75) is 63.1 Å². The zero-order chi connectivity index (χ0) is 23.5. The van der Waals surface area contributed by atoms with Crippen LogP contribution >= 0.6 is 23.1 Å². The van der Waals surface area contributed by atoms with Crippen LogP contribution in [0.25, 0.3) is 0 Å². The molecule has 10 heteroatoms. The minimum Gasteiger partial charge on any atom is -0.376 e. The summed E-state index contributed by atoms with van der Waals surface area (Å²) in [4.78, 5) is 21.2. The van der Waals surface area contributed by atoms with E-state index in [1.54, 1.807) is 23.6 Å². The van der Waals surface area contributed by atoms with E-state index >= 15 is 0 Å². The molecule has 8 nitrogen and oxygen atoms in total. The summed E-state index contributed by atoms with van der Waals surface area (Å²) in [6.45, 7) is 7.28. The summed E-state index contributed by atoms with van der Waals surface area (Å²) in [7, 11) is 0. The molecule has 2 aromatic heterocycles. The van der Waals surface area contributed by atoms with Crippen molar-refractivity contribution in [1.29, 1.82) is 0 Å². The lowest BCUT2D eigenvalue weighted by atomic mass is 10.2. The highest BCUT2D eigenvalue weighted by molar-refractivity contribution is 7.98. The van der Waals surface area contributed by atoms with Gasteiger partial charge < -0.3 is 9.64 Å². The van der Waals surface area contributed by atoms with E-state index in [9.17, 15) is 4.79 Å². The van der Waals surface area contributed by atoms with E-state index in [4.69, 9.17) is 9.72 Å². The van der Waals surface area contributed by atoms with Crippen LogP contribution < -0.4 is 9.80 Å². The van der Waals surface area contributed by atoms with Crippen molar-refractivity contribution >= 4 is 45.8 Å². The van der Waals surface area contributed by atoms with E-state index in [0.29, 0.717) is 10.9 Å². The number of amides is 1. The summed E-state index contributed by atoms with van der Waals surface area (Å²) in [5, 5.41) is 12.7. The van der Waals surface area contributed by atoms with Crippen LogP contribution in [0.15, 0.2) is 34.8 Å². The summed E-state index contributed by atoms with van der Waals surface area (Å²) in [5.74, 6) is 1.57. The lowest BCUT2D eigenvalue weighted by molar-refractivity contribution is -0.115. The maximum Gasteiger partial charge on any atom is 0.230 e. The van der Waals surface area contributed by atoms with Crippen molar-refractivity contribution in [1.82, 2.24) is 19.7 Å². The first-order valence-corrected chi connectivity index (χ1v) is 13.7. The summed E-state index contributed by atoms with van der Waals surface area (Å²) < 4.78 is 8.14. The highest BCUT2D eigenvalue weighted by Crippen LogP contribution is 2.33. The third-order valence-corrected chi connectivity index (χ3v) is 8.03. The Morgan fingerprint density at radius 1 is 1.26 bits per heavy atom. The van der Waals surface area contributed by atoms with Gasteiger partial charge in [-0.3, -0.25) is 14.3 Å². The van der Waals surface area contributed by atoms with Gasteiger partial charge in [0.05, 0.1) is 24.0 Å². The van der Waals surface area contributed by atoms with Crippen LogP contribution in [0, 0.1) is 6.92 Å². The molecule has 0 aliphatic carbocycles. The third-order valence-electron chi connectivity index (χ3n) is 6.15. The quantitative estimate of drug-likeness (QED) is 0.413. The van der Waals surface area contributed by atoms with Gasteiger partial charge in [-0.2, -0.15) is 0 Å². The monoisotopic (exact) mass is 498 g/mol. The van der Waals surface area contributed by atoms with Crippen LogP contribution in [0.4, 0.5) is 16.8 Å². The average Bonchev–Trinajstić information content (AvgIpc) is 3.61. The number of hydrogen-bond donors (Lipinski definition) is 0. The number of benzene rings is 1. The fourth-order valence-electron chi connectivity index (χ4n) is 4.49. The topological polar surface area (TPSA) is 76.4 Å². The number of carbonyl (C=O) groups is 1. The molecule has 1 atom stereocenters. The Labute approximate surface area is 208 Å². The second kappa shape index (κ2) is 10.5. The molecule has 4 heterocycles. The molecule has 5 rings (SSSR count). The molecule has 1 aromatic carbocycles. The lowest BCUT2D eigenvalue weighted by Gasteiger charge is -2.20. The molecule has 2 aliphatic heterocycles. The van der Waals surface area contributed by atoms with Crippen molar-refractivity contribution in [3.8, 4) is 0 Å². The Kier molecular flexibility index (Phi) is 7.17. The van der Waals surface area contributed by atoms with E-state index in [1.165, 1.54) is 24.2 Å². The fourth-order valence-corrected chi connectivity index (χ4v) is 6.32. The number of nitrogens with zero attached hydrogens (tertiary/aromatic N) is 6. The van der Waals surface area contributed by atoms with Crippen LogP contribution in [0.1, 0.15) is 43.9 Å². The van der Waals surface area contributed by atoms with Crippen LogP contribution in [-0.2, 0) is 21.8 Å². The Morgan fingerprint density at radius 3 is 2.85 bits per heavy atom. The van der Waals surface area contributed by atoms with Crippen LogP contribution in [0.2, 0.25) is 0 Å². The predicted octanol–water partition coefficient (Wildman–Crippen LogP) is 4.80.